The van der Waals surface area contributed by atoms with Crippen LogP contribution in [0.5, 0.6) is 11.5 Å². The number of aromatic nitrogens is 1. The van der Waals surface area contributed by atoms with Gasteiger partial charge < -0.3 is 20.4 Å². The second kappa shape index (κ2) is 8.09. The molecule has 0 aliphatic rings. The van der Waals surface area contributed by atoms with E-state index < -0.39 is 22.3 Å². The predicted octanol–water partition coefficient (Wildman–Crippen LogP) is 2.76. The van der Waals surface area contributed by atoms with Gasteiger partial charge in [0.25, 0.3) is 0 Å². The van der Waals surface area contributed by atoms with Crippen LogP contribution in [0.2, 0.25) is 5.02 Å². The van der Waals surface area contributed by atoms with Crippen LogP contribution in [0.1, 0.15) is 32.9 Å². The lowest BCUT2D eigenvalue weighted by atomic mass is 10.1. The molecule has 0 saturated carbocycles. The molecule has 148 valence electrons. The molecule has 0 radical (unpaired) electrons. The number of aryl methyl sites for hydroxylation is 2. The fourth-order valence-electron chi connectivity index (χ4n) is 2.58. The highest BCUT2D eigenvalue weighted by atomic mass is 35.5. The topological polar surface area (TPSA) is 150 Å². The molecule has 0 unspecified atom stereocenters. The summed E-state index contributed by atoms with van der Waals surface area (Å²) in [6.45, 7) is 5.16. The molecule has 0 spiro atoms. The average Bonchev–Trinajstić information content (AvgIpc) is 2.64. The molecule has 2 aromatic rings. The first-order valence-electron chi connectivity index (χ1n) is 7.82. The van der Waals surface area contributed by atoms with Gasteiger partial charge in [-0.1, -0.05) is 16.8 Å². The van der Waals surface area contributed by atoms with E-state index in [0.717, 1.165) is 12.1 Å². The molecular formula is C17H17ClN4O6. The van der Waals surface area contributed by atoms with Crippen LogP contribution in [0.3, 0.4) is 0 Å². The van der Waals surface area contributed by atoms with E-state index in [-0.39, 0.29) is 17.1 Å². The molecule has 11 heteroatoms. The first-order chi connectivity index (χ1) is 13.1. The highest BCUT2D eigenvalue weighted by molar-refractivity contribution is 6.32. The van der Waals surface area contributed by atoms with E-state index in [0.29, 0.717) is 27.5 Å². The number of aromatic hydroxyl groups is 1. The van der Waals surface area contributed by atoms with Gasteiger partial charge in [0.15, 0.2) is 11.6 Å². The van der Waals surface area contributed by atoms with E-state index in [9.17, 15) is 20.0 Å². The maximum Gasteiger partial charge on any atom is 0.366 e. The van der Waals surface area contributed by atoms with Crippen LogP contribution in [0, 0.1) is 30.9 Å². The highest BCUT2D eigenvalue weighted by Gasteiger charge is 2.23. The first-order valence-corrected chi connectivity index (χ1v) is 8.20. The summed E-state index contributed by atoms with van der Waals surface area (Å²) in [6.07, 6.45) is 0. The summed E-state index contributed by atoms with van der Waals surface area (Å²) in [7, 11) is 1.18. The SMILES string of the molecule is COc1cc(C(=O)O/N=C(\N)c2c(C)nc(C)c(Cl)c2C)cc([N+](=O)[O-])c1O. The molecule has 2 rings (SSSR count). The summed E-state index contributed by atoms with van der Waals surface area (Å²) in [5, 5.41) is 24.8. The summed E-state index contributed by atoms with van der Waals surface area (Å²) in [5.74, 6) is -2.15. The van der Waals surface area contributed by atoms with E-state index in [4.69, 9.17) is 26.9 Å². The Morgan fingerprint density at radius 1 is 1.32 bits per heavy atom. The lowest BCUT2D eigenvalue weighted by molar-refractivity contribution is -0.386. The third-order valence-electron chi connectivity index (χ3n) is 3.91. The quantitative estimate of drug-likeness (QED) is 0.252. The molecule has 0 fully saturated rings. The minimum absolute atomic E-state index is 0.141. The Hall–Kier alpha value is -3.40. The number of carbonyl (C=O) groups is 1. The Balaban J connectivity index is 2.38. The van der Waals surface area contributed by atoms with Gasteiger partial charge in [-0.05, 0) is 32.4 Å². The van der Waals surface area contributed by atoms with Crippen molar-refractivity contribution in [2.75, 3.05) is 7.11 Å². The van der Waals surface area contributed by atoms with Crippen molar-refractivity contribution >= 4 is 29.1 Å². The molecule has 0 saturated heterocycles. The number of nitro groups is 1. The minimum atomic E-state index is -1.04. The molecule has 1 aromatic heterocycles. The number of carbonyl (C=O) groups excluding carboxylic acids is 1. The maximum absolute atomic E-state index is 12.2. The van der Waals surface area contributed by atoms with Gasteiger partial charge in [0.05, 0.1) is 28.3 Å². The van der Waals surface area contributed by atoms with Gasteiger partial charge in [-0.15, -0.1) is 0 Å². The summed E-state index contributed by atoms with van der Waals surface area (Å²) < 4.78 is 4.83. The highest BCUT2D eigenvalue weighted by Crippen LogP contribution is 2.37. The van der Waals surface area contributed by atoms with Crippen molar-refractivity contribution in [3.8, 4) is 11.5 Å². The Kier molecular flexibility index (Phi) is 6.04. The maximum atomic E-state index is 12.2. The molecule has 0 atom stereocenters. The zero-order valence-corrected chi connectivity index (χ0v) is 16.2. The number of nitrogens with zero attached hydrogens (tertiary/aromatic N) is 3. The Morgan fingerprint density at radius 3 is 2.54 bits per heavy atom. The van der Waals surface area contributed by atoms with Crippen LogP contribution in [0.4, 0.5) is 5.69 Å². The molecule has 0 aliphatic carbocycles. The standard InChI is InChI=1S/C17H17ClN4O6/c1-7-13(8(2)20-9(3)14(7)18)16(19)21-28-17(24)10-5-11(22(25)26)15(23)12(6-10)27-4/h5-6,23H,1-4H3,(H2,19,21). The smallest absolute Gasteiger partial charge is 0.366 e. The Morgan fingerprint density at radius 2 is 1.96 bits per heavy atom. The number of pyridine rings is 1. The normalized spacial score (nSPS) is 11.2. The van der Waals surface area contributed by atoms with Gasteiger partial charge >= 0.3 is 11.7 Å². The first kappa shape index (κ1) is 20.9. The summed E-state index contributed by atoms with van der Waals surface area (Å²) in [6, 6.07) is 1.92. The molecule has 10 nitrogen and oxygen atoms in total. The van der Waals surface area contributed by atoms with E-state index >= 15 is 0 Å². The summed E-state index contributed by atoms with van der Waals surface area (Å²) in [5.41, 5.74) is 7.12. The number of halogens is 1. The van der Waals surface area contributed by atoms with E-state index in [1.54, 1.807) is 20.8 Å². The van der Waals surface area contributed by atoms with Gasteiger partial charge in [0.2, 0.25) is 5.75 Å². The Labute approximate surface area is 164 Å². The number of nitrogens with two attached hydrogens (primary N) is 1. The number of phenols is 1. The fraction of sp³-hybridized carbons (Fsp3) is 0.235. The largest absolute Gasteiger partial charge is 0.500 e. The van der Waals surface area contributed by atoms with Crippen molar-refractivity contribution < 1.29 is 24.4 Å². The number of ether oxygens (including phenoxy) is 1. The zero-order chi connectivity index (χ0) is 21.2. The van der Waals surface area contributed by atoms with E-state index in [1.165, 1.54) is 7.11 Å². The summed E-state index contributed by atoms with van der Waals surface area (Å²) >= 11 is 6.17. The van der Waals surface area contributed by atoms with Crippen molar-refractivity contribution in [1.29, 1.82) is 0 Å². The second-order valence-corrected chi connectivity index (χ2v) is 6.13. The van der Waals surface area contributed by atoms with Crippen LogP contribution in [0.15, 0.2) is 17.3 Å². The van der Waals surface area contributed by atoms with Crippen LogP contribution < -0.4 is 10.5 Å². The van der Waals surface area contributed by atoms with Gasteiger partial charge in [0, 0.05) is 17.3 Å². The molecule has 0 aliphatic heterocycles. The molecule has 1 aromatic carbocycles. The average molecular weight is 409 g/mol. The number of hydrogen-bond acceptors (Lipinski definition) is 8. The number of oxime groups is 1. The monoisotopic (exact) mass is 408 g/mol. The van der Waals surface area contributed by atoms with Crippen molar-refractivity contribution in [2.45, 2.75) is 20.8 Å². The lowest BCUT2D eigenvalue weighted by Crippen LogP contribution is -2.19. The van der Waals surface area contributed by atoms with Crippen molar-refractivity contribution in [3.63, 3.8) is 0 Å². The minimum Gasteiger partial charge on any atom is -0.500 e. The predicted molar refractivity (Wildman–Crippen MR) is 101 cm³/mol. The van der Waals surface area contributed by atoms with Gasteiger partial charge in [-0.2, -0.15) is 0 Å². The third-order valence-corrected chi connectivity index (χ3v) is 4.47. The molecule has 3 N–H and O–H groups in total. The van der Waals surface area contributed by atoms with Gasteiger partial charge in [0.1, 0.15) is 0 Å². The molecular weight excluding hydrogens is 392 g/mol. The van der Waals surface area contributed by atoms with Crippen molar-refractivity contribution in [1.82, 2.24) is 4.98 Å². The van der Waals surface area contributed by atoms with Gasteiger partial charge in [-0.25, -0.2) is 4.79 Å². The third kappa shape index (κ3) is 3.96. The van der Waals surface area contributed by atoms with Crippen LogP contribution in [-0.4, -0.2) is 33.9 Å². The number of rotatable bonds is 5. The second-order valence-electron chi connectivity index (χ2n) is 5.76. The number of methoxy groups -OCH3 is 1. The van der Waals surface area contributed by atoms with E-state index in [2.05, 4.69) is 10.1 Å². The van der Waals surface area contributed by atoms with Crippen molar-refractivity contribution in [2.24, 2.45) is 10.9 Å². The molecule has 1 heterocycles. The molecule has 0 amide bonds. The van der Waals surface area contributed by atoms with Crippen LogP contribution in [0.25, 0.3) is 0 Å². The van der Waals surface area contributed by atoms with Crippen molar-refractivity contribution in [3.05, 3.63) is 55.3 Å². The number of benzene rings is 1. The number of phenolic OH excluding ortho intramolecular Hbond substituents is 1. The fourth-order valence-corrected chi connectivity index (χ4v) is 2.72. The van der Waals surface area contributed by atoms with E-state index in [1.807, 2.05) is 0 Å². The number of amidine groups is 1. The summed E-state index contributed by atoms with van der Waals surface area (Å²) in [4.78, 5) is 31.4. The molecule has 0 bridgehead atoms. The Bertz CT molecular complexity index is 1010. The molecule has 28 heavy (non-hydrogen) atoms. The zero-order valence-electron chi connectivity index (χ0n) is 15.4. The number of nitro benzene ring substituents is 1. The lowest BCUT2D eigenvalue weighted by Gasteiger charge is -2.11. The van der Waals surface area contributed by atoms with Crippen LogP contribution in [-0.2, 0) is 4.84 Å². The van der Waals surface area contributed by atoms with Gasteiger partial charge in [-0.3, -0.25) is 15.1 Å². The number of hydrogen-bond donors (Lipinski definition) is 2. The van der Waals surface area contributed by atoms with Crippen LogP contribution >= 0.6 is 11.6 Å².